The Balaban J connectivity index is 2.31. The minimum absolute atomic E-state index is 0.0730. The van der Waals surface area contributed by atoms with Gasteiger partial charge in [-0.1, -0.05) is 13.3 Å². The highest BCUT2D eigenvalue weighted by molar-refractivity contribution is 7.99. The van der Waals surface area contributed by atoms with Gasteiger partial charge in [0.15, 0.2) is 0 Å². The normalized spacial score (nSPS) is 20.9. The van der Waals surface area contributed by atoms with E-state index in [1.165, 1.54) is 12.8 Å². The molecule has 0 amide bonds. The number of thioether (sulfide) groups is 1. The first-order valence-corrected chi connectivity index (χ1v) is 6.77. The Morgan fingerprint density at radius 1 is 1.56 bits per heavy atom. The summed E-state index contributed by atoms with van der Waals surface area (Å²) in [5.74, 6) is 2.29. The van der Waals surface area contributed by atoms with Crippen molar-refractivity contribution in [1.29, 1.82) is 0 Å². The molecule has 0 aliphatic carbocycles. The topological polar surface area (TPSA) is 71.8 Å². The second-order valence-electron chi connectivity index (χ2n) is 4.02. The van der Waals surface area contributed by atoms with Crippen molar-refractivity contribution in [2.75, 3.05) is 11.5 Å². The molecule has 88 valence electrons. The lowest BCUT2D eigenvalue weighted by atomic mass is 10.1. The number of nitrogens with zero attached hydrogens (tertiary/aromatic N) is 1. The summed E-state index contributed by atoms with van der Waals surface area (Å²) >= 11 is 1.86. The second-order valence-corrected chi connectivity index (χ2v) is 5.33. The number of nitrogen functional groups attached to an aromatic ring is 1. The molecule has 0 radical (unpaired) electrons. The molecule has 1 aliphatic rings. The van der Waals surface area contributed by atoms with Crippen LogP contribution in [-0.2, 0) is 6.42 Å². The summed E-state index contributed by atoms with van der Waals surface area (Å²) in [7, 11) is 0. The van der Waals surface area contributed by atoms with Crippen LogP contribution in [0.2, 0.25) is 0 Å². The molecule has 4 nitrogen and oxygen atoms in total. The van der Waals surface area contributed by atoms with Gasteiger partial charge < -0.3 is 10.7 Å². The van der Waals surface area contributed by atoms with E-state index in [1.54, 1.807) is 0 Å². The third-order valence-corrected chi connectivity index (χ3v) is 4.29. The van der Waals surface area contributed by atoms with E-state index < -0.39 is 0 Å². The molecule has 2 rings (SSSR count). The number of H-pyrrole nitrogens is 1. The molecule has 0 spiro atoms. The van der Waals surface area contributed by atoms with Crippen LogP contribution in [0.15, 0.2) is 4.79 Å². The number of aromatic nitrogens is 2. The highest BCUT2D eigenvalue weighted by Crippen LogP contribution is 2.36. The van der Waals surface area contributed by atoms with Gasteiger partial charge >= 0.3 is 0 Å². The Labute approximate surface area is 99.0 Å². The molecule has 1 unspecified atom stereocenters. The lowest BCUT2D eigenvalue weighted by Crippen LogP contribution is -2.21. The molecule has 1 atom stereocenters. The Hall–Kier alpha value is -0.970. The van der Waals surface area contributed by atoms with Crippen LogP contribution >= 0.6 is 11.8 Å². The fourth-order valence-corrected chi connectivity index (χ4v) is 3.24. The molecule has 0 aromatic carbocycles. The van der Waals surface area contributed by atoms with Gasteiger partial charge in [0.2, 0.25) is 0 Å². The van der Waals surface area contributed by atoms with Gasteiger partial charge in [-0.15, -0.1) is 0 Å². The van der Waals surface area contributed by atoms with E-state index in [-0.39, 0.29) is 5.56 Å². The Morgan fingerprint density at radius 2 is 2.38 bits per heavy atom. The van der Waals surface area contributed by atoms with Gasteiger partial charge in [0.05, 0.1) is 10.8 Å². The van der Waals surface area contributed by atoms with Crippen LogP contribution in [0.1, 0.15) is 42.8 Å². The Kier molecular flexibility index (Phi) is 3.53. The maximum absolute atomic E-state index is 11.7. The van der Waals surface area contributed by atoms with Crippen molar-refractivity contribution in [3.8, 4) is 0 Å². The van der Waals surface area contributed by atoms with Gasteiger partial charge in [0.25, 0.3) is 5.56 Å². The van der Waals surface area contributed by atoms with Crippen molar-refractivity contribution in [3.63, 3.8) is 0 Å². The molecule has 1 aromatic rings. The molecule has 1 aliphatic heterocycles. The van der Waals surface area contributed by atoms with Crippen LogP contribution in [0.3, 0.4) is 0 Å². The van der Waals surface area contributed by atoms with Gasteiger partial charge in [0.1, 0.15) is 11.6 Å². The number of nitrogens with one attached hydrogen (secondary N) is 1. The highest BCUT2D eigenvalue weighted by Gasteiger charge is 2.19. The predicted molar refractivity (Wildman–Crippen MR) is 67.7 cm³/mol. The molecule has 1 fully saturated rings. The standard InChI is InChI=1S/C11H17N3OS/c1-2-7-9(12)13-10(14-11(7)15)8-5-3-4-6-16-8/h8H,2-6H2,1H3,(H3,12,13,14,15). The molecular weight excluding hydrogens is 222 g/mol. The fraction of sp³-hybridized carbons (Fsp3) is 0.636. The van der Waals surface area contributed by atoms with Crippen molar-refractivity contribution in [2.45, 2.75) is 37.9 Å². The first-order valence-electron chi connectivity index (χ1n) is 5.72. The molecule has 0 bridgehead atoms. The zero-order chi connectivity index (χ0) is 11.5. The lowest BCUT2D eigenvalue weighted by Gasteiger charge is -2.20. The molecule has 5 heteroatoms. The summed E-state index contributed by atoms with van der Waals surface area (Å²) in [5, 5.41) is 0.314. The summed E-state index contributed by atoms with van der Waals surface area (Å²) < 4.78 is 0. The molecule has 0 saturated carbocycles. The molecule has 3 N–H and O–H groups in total. The number of nitrogens with two attached hydrogens (primary N) is 1. The average molecular weight is 239 g/mol. The number of rotatable bonds is 2. The highest BCUT2D eigenvalue weighted by atomic mass is 32.2. The van der Waals surface area contributed by atoms with E-state index in [2.05, 4.69) is 9.97 Å². The molecule has 2 heterocycles. The maximum Gasteiger partial charge on any atom is 0.256 e. The van der Waals surface area contributed by atoms with E-state index >= 15 is 0 Å². The smallest absolute Gasteiger partial charge is 0.256 e. The third kappa shape index (κ3) is 2.24. The van der Waals surface area contributed by atoms with Crippen LogP contribution < -0.4 is 11.3 Å². The van der Waals surface area contributed by atoms with Gasteiger partial charge in [-0.25, -0.2) is 4.98 Å². The van der Waals surface area contributed by atoms with Gasteiger partial charge in [-0.05, 0) is 25.0 Å². The summed E-state index contributed by atoms with van der Waals surface area (Å²) in [6.07, 6.45) is 4.18. The summed E-state index contributed by atoms with van der Waals surface area (Å²) in [6.45, 7) is 1.91. The maximum atomic E-state index is 11.7. The first-order chi connectivity index (χ1) is 7.72. The summed E-state index contributed by atoms with van der Waals surface area (Å²) in [4.78, 5) is 18.9. The van der Waals surface area contributed by atoms with Crippen LogP contribution in [0.4, 0.5) is 5.82 Å². The molecule has 16 heavy (non-hydrogen) atoms. The Morgan fingerprint density at radius 3 is 2.94 bits per heavy atom. The van der Waals surface area contributed by atoms with Crippen molar-refractivity contribution in [1.82, 2.24) is 9.97 Å². The van der Waals surface area contributed by atoms with Crippen LogP contribution in [0.25, 0.3) is 0 Å². The van der Waals surface area contributed by atoms with E-state index in [0.29, 0.717) is 23.1 Å². The predicted octanol–water partition coefficient (Wildman–Crippen LogP) is 1.87. The van der Waals surface area contributed by atoms with Crippen LogP contribution in [-0.4, -0.2) is 15.7 Å². The second kappa shape index (κ2) is 4.91. The van der Waals surface area contributed by atoms with Crippen molar-refractivity contribution in [2.24, 2.45) is 0 Å². The zero-order valence-corrected chi connectivity index (χ0v) is 10.3. The fourth-order valence-electron chi connectivity index (χ4n) is 1.98. The molecular formula is C11H17N3OS. The van der Waals surface area contributed by atoms with Gasteiger partial charge in [-0.2, -0.15) is 11.8 Å². The van der Waals surface area contributed by atoms with Crippen molar-refractivity contribution < 1.29 is 0 Å². The number of aromatic amines is 1. The minimum atomic E-state index is -0.0730. The van der Waals surface area contributed by atoms with E-state index in [4.69, 9.17) is 5.73 Å². The van der Waals surface area contributed by atoms with Gasteiger partial charge in [0, 0.05) is 0 Å². The van der Waals surface area contributed by atoms with Gasteiger partial charge in [-0.3, -0.25) is 4.79 Å². The Bertz CT molecular complexity index is 424. The van der Waals surface area contributed by atoms with E-state index in [1.807, 2.05) is 18.7 Å². The summed E-state index contributed by atoms with van der Waals surface area (Å²) in [5.41, 5.74) is 6.33. The number of hydrogen-bond donors (Lipinski definition) is 2. The van der Waals surface area contributed by atoms with Crippen LogP contribution in [0.5, 0.6) is 0 Å². The molecule has 1 saturated heterocycles. The van der Waals surface area contributed by atoms with Crippen molar-refractivity contribution in [3.05, 3.63) is 21.7 Å². The summed E-state index contributed by atoms with van der Waals surface area (Å²) in [6, 6.07) is 0. The minimum Gasteiger partial charge on any atom is -0.383 e. The van der Waals surface area contributed by atoms with Crippen molar-refractivity contribution >= 4 is 17.6 Å². The third-order valence-electron chi connectivity index (χ3n) is 2.90. The number of anilines is 1. The zero-order valence-electron chi connectivity index (χ0n) is 9.45. The van der Waals surface area contributed by atoms with E-state index in [9.17, 15) is 4.79 Å². The lowest BCUT2D eigenvalue weighted by molar-refractivity contribution is 0.659. The monoisotopic (exact) mass is 239 g/mol. The SMILES string of the molecule is CCc1c(N)nc(C2CCCCS2)[nH]c1=O. The quantitative estimate of drug-likeness (QED) is 0.826. The molecule has 1 aromatic heterocycles. The van der Waals surface area contributed by atoms with Crippen LogP contribution in [0, 0.1) is 0 Å². The average Bonchev–Trinajstić information content (AvgIpc) is 2.30. The van der Waals surface area contributed by atoms with E-state index in [0.717, 1.165) is 18.0 Å². The first kappa shape index (κ1) is 11.5. The largest absolute Gasteiger partial charge is 0.383 e. The number of hydrogen-bond acceptors (Lipinski definition) is 4.